The first-order valence-electron chi connectivity index (χ1n) is 4.85. The quantitative estimate of drug-likeness (QED) is 0.717. The third-order valence-electron chi connectivity index (χ3n) is 2.38. The Labute approximate surface area is 83.7 Å². The average Bonchev–Trinajstić information content (AvgIpc) is 2.59. The summed E-state index contributed by atoms with van der Waals surface area (Å²) in [7, 11) is 0. The first-order chi connectivity index (χ1) is 6.79. The van der Waals surface area contributed by atoms with Crippen LogP contribution in [0.15, 0.2) is 35.9 Å². The number of hydrogen-bond acceptors (Lipinski definition) is 1. The Hall–Kier alpha value is -1.57. The highest BCUT2D eigenvalue weighted by Crippen LogP contribution is 2.12. The second-order valence-corrected chi connectivity index (χ2v) is 3.51. The summed E-state index contributed by atoms with van der Waals surface area (Å²) in [6.07, 6.45) is 3.03. The number of H-pyrrole nitrogens is 1. The first-order valence-corrected chi connectivity index (χ1v) is 4.85. The van der Waals surface area contributed by atoms with Gasteiger partial charge in [0.2, 0.25) is 0 Å². The number of nitrogens with one attached hydrogen (secondary N) is 1. The SMILES string of the molecule is CC=C(C)Cc1nc2ccccc2[nH]1. The molecule has 0 fully saturated rings. The molecule has 1 heterocycles. The van der Waals surface area contributed by atoms with E-state index in [4.69, 9.17) is 0 Å². The van der Waals surface area contributed by atoms with Crippen LogP contribution < -0.4 is 0 Å². The zero-order valence-electron chi connectivity index (χ0n) is 8.54. The van der Waals surface area contributed by atoms with Crippen LogP contribution in [-0.4, -0.2) is 9.97 Å². The van der Waals surface area contributed by atoms with E-state index in [-0.39, 0.29) is 0 Å². The number of imidazole rings is 1. The zero-order valence-corrected chi connectivity index (χ0v) is 8.54. The fraction of sp³-hybridized carbons (Fsp3) is 0.250. The monoisotopic (exact) mass is 186 g/mol. The zero-order chi connectivity index (χ0) is 9.97. The van der Waals surface area contributed by atoms with Gasteiger partial charge in [-0.1, -0.05) is 23.8 Å². The van der Waals surface area contributed by atoms with Crippen molar-refractivity contribution in [3.63, 3.8) is 0 Å². The number of benzene rings is 1. The van der Waals surface area contributed by atoms with Crippen molar-refractivity contribution in [2.24, 2.45) is 0 Å². The molecule has 2 aromatic rings. The van der Waals surface area contributed by atoms with Gasteiger partial charge >= 0.3 is 0 Å². The molecule has 0 radical (unpaired) electrons. The molecule has 0 bridgehead atoms. The van der Waals surface area contributed by atoms with E-state index in [1.807, 2.05) is 18.2 Å². The molecule has 0 atom stereocenters. The van der Waals surface area contributed by atoms with Crippen LogP contribution in [0.4, 0.5) is 0 Å². The van der Waals surface area contributed by atoms with Crippen LogP contribution in [0.5, 0.6) is 0 Å². The Kier molecular flexibility index (Phi) is 2.35. The molecule has 1 aromatic carbocycles. The summed E-state index contributed by atoms with van der Waals surface area (Å²) < 4.78 is 0. The summed E-state index contributed by atoms with van der Waals surface area (Å²) in [6.45, 7) is 4.17. The third kappa shape index (κ3) is 1.69. The van der Waals surface area contributed by atoms with Gasteiger partial charge < -0.3 is 4.98 Å². The Bertz CT molecular complexity index is 433. The van der Waals surface area contributed by atoms with Crippen molar-refractivity contribution in [2.45, 2.75) is 20.3 Å². The molecule has 0 saturated carbocycles. The Morgan fingerprint density at radius 2 is 2.21 bits per heavy atom. The molecule has 2 heteroatoms. The Morgan fingerprint density at radius 1 is 1.43 bits per heavy atom. The van der Waals surface area contributed by atoms with E-state index < -0.39 is 0 Å². The Balaban J connectivity index is 2.36. The second-order valence-electron chi connectivity index (χ2n) is 3.51. The fourth-order valence-electron chi connectivity index (χ4n) is 1.46. The van der Waals surface area contributed by atoms with Crippen molar-refractivity contribution in [1.29, 1.82) is 0 Å². The highest BCUT2D eigenvalue weighted by Gasteiger charge is 2.01. The lowest BCUT2D eigenvalue weighted by atomic mass is 10.2. The maximum Gasteiger partial charge on any atom is 0.111 e. The maximum absolute atomic E-state index is 4.50. The standard InChI is InChI=1S/C12H14N2/c1-3-9(2)8-12-13-10-6-4-5-7-11(10)14-12/h3-7H,8H2,1-2H3,(H,13,14). The van der Waals surface area contributed by atoms with Crippen LogP contribution in [0.3, 0.4) is 0 Å². The van der Waals surface area contributed by atoms with Gasteiger partial charge in [-0.2, -0.15) is 0 Å². The van der Waals surface area contributed by atoms with Gasteiger partial charge in [0, 0.05) is 6.42 Å². The molecule has 14 heavy (non-hydrogen) atoms. The molecular weight excluding hydrogens is 172 g/mol. The molecule has 0 aliphatic carbocycles. The molecule has 0 spiro atoms. The van der Waals surface area contributed by atoms with Crippen molar-refractivity contribution in [3.8, 4) is 0 Å². The summed E-state index contributed by atoms with van der Waals surface area (Å²) in [4.78, 5) is 7.81. The van der Waals surface area contributed by atoms with E-state index in [2.05, 4.69) is 36.0 Å². The predicted molar refractivity (Wildman–Crippen MR) is 59.2 cm³/mol. The minimum atomic E-state index is 0.908. The molecule has 1 N–H and O–H groups in total. The van der Waals surface area contributed by atoms with E-state index >= 15 is 0 Å². The van der Waals surface area contributed by atoms with Crippen LogP contribution in [-0.2, 0) is 6.42 Å². The number of hydrogen-bond donors (Lipinski definition) is 1. The number of nitrogens with zero attached hydrogens (tertiary/aromatic N) is 1. The fourth-order valence-corrected chi connectivity index (χ4v) is 1.46. The lowest BCUT2D eigenvalue weighted by molar-refractivity contribution is 1.01. The molecule has 0 aliphatic heterocycles. The lowest BCUT2D eigenvalue weighted by Crippen LogP contribution is -1.88. The van der Waals surface area contributed by atoms with Gasteiger partial charge in [-0.25, -0.2) is 4.98 Å². The molecule has 1 aromatic heterocycles. The number of aromatic nitrogens is 2. The van der Waals surface area contributed by atoms with E-state index in [9.17, 15) is 0 Å². The van der Waals surface area contributed by atoms with Gasteiger partial charge in [0.1, 0.15) is 5.82 Å². The van der Waals surface area contributed by atoms with Crippen LogP contribution in [0.25, 0.3) is 11.0 Å². The van der Waals surface area contributed by atoms with E-state index in [0.717, 1.165) is 23.3 Å². The third-order valence-corrected chi connectivity index (χ3v) is 2.38. The highest BCUT2D eigenvalue weighted by molar-refractivity contribution is 5.74. The average molecular weight is 186 g/mol. The topological polar surface area (TPSA) is 28.7 Å². The second kappa shape index (κ2) is 3.66. The van der Waals surface area contributed by atoms with Crippen molar-refractivity contribution in [1.82, 2.24) is 9.97 Å². The normalized spacial score (nSPS) is 12.3. The van der Waals surface area contributed by atoms with Crippen LogP contribution >= 0.6 is 0 Å². The largest absolute Gasteiger partial charge is 0.342 e. The van der Waals surface area contributed by atoms with Crippen molar-refractivity contribution in [2.75, 3.05) is 0 Å². The Morgan fingerprint density at radius 3 is 2.93 bits per heavy atom. The summed E-state index contributed by atoms with van der Waals surface area (Å²) in [5.74, 6) is 1.04. The number of aromatic amines is 1. The highest BCUT2D eigenvalue weighted by atomic mass is 14.9. The minimum Gasteiger partial charge on any atom is -0.342 e. The number of para-hydroxylation sites is 2. The number of allylic oxidation sites excluding steroid dienone is 2. The van der Waals surface area contributed by atoms with Gasteiger partial charge in [0.15, 0.2) is 0 Å². The van der Waals surface area contributed by atoms with Crippen LogP contribution in [0.2, 0.25) is 0 Å². The minimum absolute atomic E-state index is 0.908. The van der Waals surface area contributed by atoms with Crippen molar-refractivity contribution >= 4 is 11.0 Å². The van der Waals surface area contributed by atoms with Gasteiger partial charge in [-0.05, 0) is 26.0 Å². The van der Waals surface area contributed by atoms with Crippen molar-refractivity contribution < 1.29 is 0 Å². The molecule has 2 nitrogen and oxygen atoms in total. The number of fused-ring (bicyclic) bond motifs is 1. The summed E-state index contributed by atoms with van der Waals surface area (Å²) in [5.41, 5.74) is 3.50. The lowest BCUT2D eigenvalue weighted by Gasteiger charge is -1.94. The van der Waals surface area contributed by atoms with Crippen molar-refractivity contribution in [3.05, 3.63) is 41.7 Å². The number of rotatable bonds is 2. The summed E-state index contributed by atoms with van der Waals surface area (Å²) in [5, 5.41) is 0. The molecule has 0 unspecified atom stereocenters. The molecule has 2 rings (SSSR count). The molecule has 0 amide bonds. The smallest absolute Gasteiger partial charge is 0.111 e. The van der Waals surface area contributed by atoms with Gasteiger partial charge in [-0.15, -0.1) is 0 Å². The van der Waals surface area contributed by atoms with Gasteiger partial charge in [0.05, 0.1) is 11.0 Å². The van der Waals surface area contributed by atoms with Crippen LogP contribution in [0, 0.1) is 0 Å². The summed E-state index contributed by atoms with van der Waals surface area (Å²) in [6, 6.07) is 8.11. The van der Waals surface area contributed by atoms with E-state index in [1.165, 1.54) is 5.57 Å². The summed E-state index contributed by atoms with van der Waals surface area (Å²) >= 11 is 0. The van der Waals surface area contributed by atoms with E-state index in [1.54, 1.807) is 0 Å². The van der Waals surface area contributed by atoms with Crippen LogP contribution in [0.1, 0.15) is 19.7 Å². The van der Waals surface area contributed by atoms with Gasteiger partial charge in [-0.3, -0.25) is 0 Å². The van der Waals surface area contributed by atoms with Gasteiger partial charge in [0.25, 0.3) is 0 Å². The molecule has 72 valence electrons. The molecule has 0 saturated heterocycles. The van der Waals surface area contributed by atoms with E-state index in [0.29, 0.717) is 0 Å². The molecular formula is C12H14N2. The molecule has 0 aliphatic rings. The predicted octanol–water partition coefficient (Wildman–Crippen LogP) is 3.07. The first kappa shape index (κ1) is 9.00. The maximum atomic E-state index is 4.50.